The number of nitrogens with one attached hydrogen (secondary N) is 1. The Balaban J connectivity index is 1.87. The quantitative estimate of drug-likeness (QED) is 0.291. The van der Waals surface area contributed by atoms with E-state index in [1.165, 1.54) is 17.2 Å². The van der Waals surface area contributed by atoms with Crippen molar-refractivity contribution >= 4 is 34.4 Å². The van der Waals surface area contributed by atoms with Gasteiger partial charge in [-0.05, 0) is 12.2 Å². The standard InChI is InChI=1S/C13H16N6O4S/c20-3-7-9(21)10(22)13(23-7)19-5-18-8-11(15-2-1-14-6-24)16-4-17-12(8)19/h4-5,7,9-10,13,20-22H,1-3H2,(H,15,16,17)/t7-,9-,10-,13-/m1/s1. The summed E-state index contributed by atoms with van der Waals surface area (Å²) in [6.07, 6.45) is -1.36. The van der Waals surface area contributed by atoms with E-state index in [2.05, 4.69) is 42.6 Å². The van der Waals surface area contributed by atoms with Crippen LogP contribution in [0.4, 0.5) is 5.82 Å². The van der Waals surface area contributed by atoms with Crippen LogP contribution in [0.25, 0.3) is 11.2 Å². The first-order valence-electron chi connectivity index (χ1n) is 7.25. The average Bonchev–Trinajstić information content (AvgIpc) is 3.14. The van der Waals surface area contributed by atoms with E-state index in [4.69, 9.17) is 4.74 Å². The predicted molar refractivity (Wildman–Crippen MR) is 86.7 cm³/mol. The smallest absolute Gasteiger partial charge is 0.167 e. The van der Waals surface area contributed by atoms with E-state index in [-0.39, 0.29) is 0 Å². The van der Waals surface area contributed by atoms with Gasteiger partial charge in [0.2, 0.25) is 0 Å². The van der Waals surface area contributed by atoms with Crippen LogP contribution in [-0.2, 0) is 4.74 Å². The molecule has 0 saturated carbocycles. The summed E-state index contributed by atoms with van der Waals surface area (Å²) in [6, 6.07) is 0. The minimum atomic E-state index is -1.21. The first-order valence-corrected chi connectivity index (χ1v) is 7.65. The van der Waals surface area contributed by atoms with Crippen molar-refractivity contribution in [2.24, 2.45) is 4.99 Å². The highest BCUT2D eigenvalue weighted by molar-refractivity contribution is 7.78. The van der Waals surface area contributed by atoms with Crippen molar-refractivity contribution in [3.05, 3.63) is 12.7 Å². The fourth-order valence-corrected chi connectivity index (χ4v) is 2.64. The summed E-state index contributed by atoms with van der Waals surface area (Å²) in [4.78, 5) is 16.3. The van der Waals surface area contributed by atoms with Gasteiger partial charge in [0.15, 0.2) is 23.2 Å². The minimum Gasteiger partial charge on any atom is -0.394 e. The Morgan fingerprint density at radius 1 is 1.33 bits per heavy atom. The molecule has 0 radical (unpaired) electrons. The number of aromatic nitrogens is 4. The maximum absolute atomic E-state index is 10.1. The molecule has 2 aromatic rings. The highest BCUT2D eigenvalue weighted by Gasteiger charge is 2.43. The molecule has 1 aliphatic heterocycles. The predicted octanol–water partition coefficient (Wildman–Crippen LogP) is -1.05. The largest absolute Gasteiger partial charge is 0.394 e. The molecule has 1 saturated heterocycles. The van der Waals surface area contributed by atoms with Gasteiger partial charge in [0.1, 0.15) is 24.6 Å². The fraction of sp³-hybridized carbons (Fsp3) is 0.538. The molecule has 4 atom stereocenters. The molecule has 1 fully saturated rings. The van der Waals surface area contributed by atoms with Crippen LogP contribution in [0.15, 0.2) is 17.6 Å². The first kappa shape index (κ1) is 16.8. The van der Waals surface area contributed by atoms with Crippen molar-refractivity contribution in [3.63, 3.8) is 0 Å². The second kappa shape index (κ2) is 7.26. The summed E-state index contributed by atoms with van der Waals surface area (Å²) in [5, 5.41) is 34.6. The lowest BCUT2D eigenvalue weighted by Gasteiger charge is -2.16. The highest BCUT2D eigenvalue weighted by atomic mass is 32.1. The van der Waals surface area contributed by atoms with Crippen molar-refractivity contribution in [2.45, 2.75) is 24.5 Å². The van der Waals surface area contributed by atoms with Crippen LogP contribution in [0.3, 0.4) is 0 Å². The average molecular weight is 352 g/mol. The molecule has 11 heteroatoms. The molecule has 10 nitrogen and oxygen atoms in total. The fourth-order valence-electron chi connectivity index (χ4n) is 2.55. The molecule has 0 aliphatic carbocycles. The third-order valence-electron chi connectivity index (χ3n) is 3.73. The Kier molecular flexibility index (Phi) is 5.09. The van der Waals surface area contributed by atoms with Gasteiger partial charge >= 0.3 is 0 Å². The van der Waals surface area contributed by atoms with Gasteiger partial charge in [-0.1, -0.05) is 0 Å². The summed E-state index contributed by atoms with van der Waals surface area (Å²) in [5.74, 6) is 0.505. The van der Waals surface area contributed by atoms with Gasteiger partial charge < -0.3 is 25.4 Å². The summed E-state index contributed by atoms with van der Waals surface area (Å²) < 4.78 is 7.00. The second-order valence-electron chi connectivity index (χ2n) is 5.17. The van der Waals surface area contributed by atoms with E-state index < -0.39 is 31.1 Å². The van der Waals surface area contributed by atoms with Crippen LogP contribution in [0, 0.1) is 0 Å². The Morgan fingerprint density at radius 2 is 2.17 bits per heavy atom. The molecular formula is C13H16N6O4S. The summed E-state index contributed by atoms with van der Waals surface area (Å²) in [5.41, 5.74) is 0.919. The third-order valence-corrected chi connectivity index (χ3v) is 3.86. The monoisotopic (exact) mass is 352 g/mol. The zero-order chi connectivity index (χ0) is 17.1. The molecule has 1 aliphatic rings. The van der Waals surface area contributed by atoms with Gasteiger partial charge in [-0.2, -0.15) is 0 Å². The number of hydrogen-bond acceptors (Lipinski definition) is 10. The van der Waals surface area contributed by atoms with Gasteiger partial charge in [-0.15, -0.1) is 0 Å². The Morgan fingerprint density at radius 3 is 2.88 bits per heavy atom. The second-order valence-corrected chi connectivity index (χ2v) is 5.36. The molecule has 2 aromatic heterocycles. The number of aliphatic imine (C=N–C) groups is 1. The zero-order valence-corrected chi connectivity index (χ0v) is 13.3. The number of anilines is 1. The topological polar surface area (TPSA) is 138 Å². The van der Waals surface area contributed by atoms with E-state index in [0.717, 1.165) is 0 Å². The van der Waals surface area contributed by atoms with Gasteiger partial charge in [0, 0.05) is 6.54 Å². The third kappa shape index (κ3) is 3.00. The Hall–Kier alpha value is -2.01. The maximum Gasteiger partial charge on any atom is 0.167 e. The molecule has 128 valence electrons. The van der Waals surface area contributed by atoms with Crippen molar-refractivity contribution in [3.8, 4) is 0 Å². The van der Waals surface area contributed by atoms with Crippen LogP contribution >= 0.6 is 12.2 Å². The summed E-state index contributed by atoms with van der Waals surface area (Å²) >= 11 is 4.50. The lowest BCUT2D eigenvalue weighted by molar-refractivity contribution is -0.0511. The molecule has 0 amide bonds. The first-order chi connectivity index (χ1) is 11.7. The Bertz CT molecular complexity index is 764. The number of aliphatic hydroxyl groups is 3. The van der Waals surface area contributed by atoms with Gasteiger partial charge in [-0.25, -0.2) is 19.9 Å². The van der Waals surface area contributed by atoms with E-state index in [9.17, 15) is 15.3 Å². The molecule has 0 aromatic carbocycles. The van der Waals surface area contributed by atoms with Crippen LogP contribution in [0.5, 0.6) is 0 Å². The van der Waals surface area contributed by atoms with Crippen molar-refractivity contribution in [2.75, 3.05) is 25.0 Å². The van der Waals surface area contributed by atoms with E-state index in [0.29, 0.717) is 30.1 Å². The summed E-state index contributed by atoms with van der Waals surface area (Å²) in [6.45, 7) is 0.546. The van der Waals surface area contributed by atoms with E-state index in [1.54, 1.807) is 0 Å². The number of isothiocyanates is 1. The maximum atomic E-state index is 10.1. The van der Waals surface area contributed by atoms with Crippen LogP contribution in [0.2, 0.25) is 0 Å². The lowest BCUT2D eigenvalue weighted by Crippen LogP contribution is -2.33. The molecule has 4 N–H and O–H groups in total. The molecule has 3 rings (SSSR count). The number of hydrogen-bond donors (Lipinski definition) is 4. The van der Waals surface area contributed by atoms with Gasteiger partial charge in [0.25, 0.3) is 0 Å². The molecule has 3 heterocycles. The normalized spacial score (nSPS) is 26.5. The molecule has 0 spiro atoms. The number of nitrogens with zero attached hydrogens (tertiary/aromatic N) is 5. The van der Waals surface area contributed by atoms with Crippen LogP contribution in [0.1, 0.15) is 6.23 Å². The van der Waals surface area contributed by atoms with Gasteiger partial charge in [-0.3, -0.25) is 4.57 Å². The summed E-state index contributed by atoms with van der Waals surface area (Å²) in [7, 11) is 0. The zero-order valence-electron chi connectivity index (χ0n) is 12.5. The van der Waals surface area contributed by atoms with Crippen LogP contribution in [-0.4, -0.2) is 78.0 Å². The molecule has 0 bridgehead atoms. The highest BCUT2D eigenvalue weighted by Crippen LogP contribution is 2.31. The van der Waals surface area contributed by atoms with Crippen molar-refractivity contribution < 1.29 is 20.1 Å². The molecule has 0 unspecified atom stereocenters. The number of thiocarbonyl (C=S) groups is 1. The number of aliphatic hydroxyl groups excluding tert-OH is 3. The molecular weight excluding hydrogens is 336 g/mol. The van der Waals surface area contributed by atoms with Crippen molar-refractivity contribution in [1.29, 1.82) is 0 Å². The van der Waals surface area contributed by atoms with E-state index >= 15 is 0 Å². The van der Waals surface area contributed by atoms with E-state index in [1.807, 2.05) is 0 Å². The Labute approximate surface area is 141 Å². The number of ether oxygens (including phenoxy) is 1. The number of rotatable bonds is 6. The van der Waals surface area contributed by atoms with Crippen LogP contribution < -0.4 is 5.32 Å². The lowest BCUT2D eigenvalue weighted by atomic mass is 10.1. The number of imidazole rings is 1. The van der Waals surface area contributed by atoms with Crippen molar-refractivity contribution in [1.82, 2.24) is 19.5 Å². The molecule has 24 heavy (non-hydrogen) atoms. The SMILES string of the molecule is OC[C@H]1O[C@@H](n2cnc3c(NCCN=C=S)ncnc32)[C@H](O)[C@@H]1O. The van der Waals surface area contributed by atoms with Gasteiger partial charge in [0.05, 0.1) is 24.6 Å². The minimum absolute atomic E-state index is 0.399. The number of fused-ring (bicyclic) bond motifs is 1.